The van der Waals surface area contributed by atoms with Crippen molar-refractivity contribution in [1.82, 2.24) is 5.12 Å². The smallest absolute Gasteiger partial charge is 0.0444 e. The largest absolute Gasteiger partial charge is 0.144 e. The molecule has 0 N–H and O–H groups in total. The van der Waals surface area contributed by atoms with Crippen molar-refractivity contribution < 1.29 is 4.48 Å². The minimum absolute atomic E-state index is 0.653. The Morgan fingerprint density at radius 2 is 1.75 bits per heavy atom. The minimum atomic E-state index is 0.653. The molecule has 1 aliphatic rings. The number of hydrogen-bond acceptors (Lipinski definition) is 1. The molecule has 24 valence electrons. The van der Waals surface area contributed by atoms with Gasteiger partial charge in [-0.1, -0.05) is 0 Å². The van der Waals surface area contributed by atoms with Crippen molar-refractivity contribution >= 4 is 0 Å². The molecule has 0 bridgehead atoms. The standard InChI is InChI=1S/C2H4FN/c3-4-1-2-4/h1-2H2. The van der Waals surface area contributed by atoms with E-state index in [-0.39, 0.29) is 0 Å². The van der Waals surface area contributed by atoms with Crippen LogP contribution in [-0.4, -0.2) is 18.2 Å². The zero-order valence-corrected chi connectivity index (χ0v) is 2.24. The fourth-order valence-electron chi connectivity index (χ4n) is 0.0378. The van der Waals surface area contributed by atoms with Gasteiger partial charge in [-0.15, -0.1) is 9.60 Å². The van der Waals surface area contributed by atoms with Crippen LogP contribution in [0, 0.1) is 0 Å². The molecule has 0 radical (unpaired) electrons. The summed E-state index contributed by atoms with van der Waals surface area (Å²) in [5.74, 6) is 0. The first-order chi connectivity index (χ1) is 1.89. The summed E-state index contributed by atoms with van der Waals surface area (Å²) >= 11 is 0. The Morgan fingerprint density at radius 1 is 1.50 bits per heavy atom. The second kappa shape index (κ2) is 0.432. The molecule has 1 heterocycles. The van der Waals surface area contributed by atoms with Crippen LogP contribution in [0.1, 0.15) is 0 Å². The van der Waals surface area contributed by atoms with Gasteiger partial charge < -0.3 is 0 Å². The third-order valence-electron chi connectivity index (χ3n) is 0.393. The molecule has 0 amide bonds. The van der Waals surface area contributed by atoms with E-state index in [1.807, 2.05) is 0 Å². The highest BCUT2D eigenvalue weighted by atomic mass is 19.2. The molecular formula is C2H4FN. The van der Waals surface area contributed by atoms with Gasteiger partial charge in [-0.3, -0.25) is 0 Å². The summed E-state index contributed by atoms with van der Waals surface area (Å²) in [6.07, 6.45) is 0. The van der Waals surface area contributed by atoms with E-state index >= 15 is 0 Å². The summed E-state index contributed by atoms with van der Waals surface area (Å²) in [7, 11) is 0. The van der Waals surface area contributed by atoms with E-state index in [1.54, 1.807) is 0 Å². The van der Waals surface area contributed by atoms with Crippen LogP contribution in [0.5, 0.6) is 0 Å². The maximum Gasteiger partial charge on any atom is 0.0444 e. The molecule has 2 heteroatoms. The van der Waals surface area contributed by atoms with E-state index in [2.05, 4.69) is 0 Å². The van der Waals surface area contributed by atoms with Crippen molar-refractivity contribution in [2.24, 2.45) is 0 Å². The molecule has 0 saturated carbocycles. The molecule has 1 saturated heterocycles. The lowest BCUT2D eigenvalue weighted by Crippen LogP contribution is -1.63. The Hall–Kier alpha value is -0.110. The molecule has 1 nitrogen and oxygen atoms in total. The molecule has 0 spiro atoms. The van der Waals surface area contributed by atoms with Gasteiger partial charge in [0.15, 0.2) is 0 Å². The highest BCUT2D eigenvalue weighted by molar-refractivity contribution is 4.57. The first-order valence-electron chi connectivity index (χ1n) is 1.30. The van der Waals surface area contributed by atoms with Crippen LogP contribution in [0.2, 0.25) is 0 Å². The SMILES string of the molecule is FN1CC1. The lowest BCUT2D eigenvalue weighted by Gasteiger charge is -1.59. The van der Waals surface area contributed by atoms with Crippen molar-refractivity contribution in [3.63, 3.8) is 0 Å². The molecule has 0 unspecified atom stereocenters. The third-order valence-corrected chi connectivity index (χ3v) is 0.393. The quantitative estimate of drug-likeness (QED) is 0.285. The summed E-state index contributed by atoms with van der Waals surface area (Å²) in [5.41, 5.74) is 0. The molecule has 0 aromatic heterocycles. The first kappa shape index (κ1) is 2.15. The van der Waals surface area contributed by atoms with Crippen LogP contribution in [0.4, 0.5) is 4.48 Å². The van der Waals surface area contributed by atoms with Gasteiger partial charge in [-0.25, -0.2) is 0 Å². The highest BCUT2D eigenvalue weighted by Crippen LogP contribution is 1.99. The fraction of sp³-hybridized carbons (Fsp3) is 1.00. The number of hydrogen-bond donors (Lipinski definition) is 0. The topological polar surface area (TPSA) is 3.01 Å². The number of rotatable bonds is 0. The van der Waals surface area contributed by atoms with Gasteiger partial charge in [0.2, 0.25) is 0 Å². The molecule has 4 heavy (non-hydrogen) atoms. The normalized spacial score (nSPS) is 26.2. The van der Waals surface area contributed by atoms with Crippen molar-refractivity contribution in [2.75, 3.05) is 13.1 Å². The van der Waals surface area contributed by atoms with Gasteiger partial charge in [0.25, 0.3) is 0 Å². The first-order valence-corrected chi connectivity index (χ1v) is 1.30. The van der Waals surface area contributed by atoms with Crippen LogP contribution in [0.25, 0.3) is 0 Å². The second-order valence-electron chi connectivity index (χ2n) is 0.910. The van der Waals surface area contributed by atoms with E-state index < -0.39 is 0 Å². The monoisotopic (exact) mass is 61.0 g/mol. The predicted molar refractivity (Wildman–Crippen MR) is 12.7 cm³/mol. The lowest BCUT2D eigenvalue weighted by molar-refractivity contribution is 0.190. The zero-order chi connectivity index (χ0) is 2.99. The van der Waals surface area contributed by atoms with E-state index in [0.717, 1.165) is 5.12 Å². The average Bonchev–Trinajstić information content (AvgIpc) is 1.75. The van der Waals surface area contributed by atoms with Crippen LogP contribution in [0.3, 0.4) is 0 Å². The second-order valence-corrected chi connectivity index (χ2v) is 0.910. The molecule has 0 atom stereocenters. The summed E-state index contributed by atoms with van der Waals surface area (Å²) in [5, 5.41) is 0.750. The fourth-order valence-corrected chi connectivity index (χ4v) is 0.0378. The van der Waals surface area contributed by atoms with E-state index in [1.165, 1.54) is 0 Å². The molecule has 1 fully saturated rings. The van der Waals surface area contributed by atoms with Crippen molar-refractivity contribution in [2.45, 2.75) is 0 Å². The van der Waals surface area contributed by atoms with Crippen LogP contribution in [0.15, 0.2) is 0 Å². The summed E-state index contributed by atoms with van der Waals surface area (Å²) < 4.78 is 10.9. The van der Waals surface area contributed by atoms with Gasteiger partial charge in [0, 0.05) is 13.1 Å². The summed E-state index contributed by atoms with van der Waals surface area (Å²) in [4.78, 5) is 0. The van der Waals surface area contributed by atoms with Crippen LogP contribution < -0.4 is 0 Å². The van der Waals surface area contributed by atoms with Gasteiger partial charge in [-0.2, -0.15) is 0 Å². The minimum Gasteiger partial charge on any atom is -0.144 e. The average molecular weight is 61.1 g/mol. The van der Waals surface area contributed by atoms with Crippen LogP contribution >= 0.6 is 0 Å². The van der Waals surface area contributed by atoms with Crippen molar-refractivity contribution in [3.05, 3.63) is 0 Å². The van der Waals surface area contributed by atoms with Gasteiger partial charge >= 0.3 is 0 Å². The van der Waals surface area contributed by atoms with Gasteiger partial charge in [-0.05, 0) is 0 Å². The van der Waals surface area contributed by atoms with Crippen molar-refractivity contribution in [3.8, 4) is 0 Å². The predicted octanol–water partition coefficient (Wildman–Crippen LogP) is 0.187. The van der Waals surface area contributed by atoms with Gasteiger partial charge in [0.1, 0.15) is 0 Å². The Morgan fingerprint density at radius 3 is 1.75 bits per heavy atom. The lowest BCUT2D eigenvalue weighted by atomic mass is 11.0. The number of nitrogens with zero attached hydrogens (tertiary/aromatic N) is 1. The Labute approximate surface area is 24.0 Å². The molecular weight excluding hydrogens is 57.0 g/mol. The Kier molecular flexibility index (Phi) is 0.232. The molecule has 1 rings (SSSR count). The van der Waals surface area contributed by atoms with Crippen LogP contribution in [-0.2, 0) is 0 Å². The molecule has 0 aromatic carbocycles. The van der Waals surface area contributed by atoms with E-state index in [4.69, 9.17) is 0 Å². The van der Waals surface area contributed by atoms with E-state index in [9.17, 15) is 4.48 Å². The molecule has 0 aromatic rings. The Balaban J connectivity index is 2.17. The zero-order valence-electron chi connectivity index (χ0n) is 2.24. The maximum atomic E-state index is 10.9. The van der Waals surface area contributed by atoms with Crippen molar-refractivity contribution in [1.29, 1.82) is 0 Å². The maximum absolute atomic E-state index is 10.9. The number of halogens is 1. The van der Waals surface area contributed by atoms with Gasteiger partial charge in [0.05, 0.1) is 0 Å². The summed E-state index contributed by atoms with van der Waals surface area (Å²) in [6.45, 7) is 1.31. The van der Waals surface area contributed by atoms with E-state index in [0.29, 0.717) is 13.1 Å². The molecule has 1 aliphatic heterocycles. The summed E-state index contributed by atoms with van der Waals surface area (Å²) in [6, 6.07) is 0. The highest BCUT2D eigenvalue weighted by Gasteiger charge is 2.13. The molecule has 0 aliphatic carbocycles. The third kappa shape index (κ3) is 0.179. The Bertz CT molecular complexity index is 25.2.